The summed E-state index contributed by atoms with van der Waals surface area (Å²) in [5.41, 5.74) is 13.8. The molecule has 1 atom stereocenters. The highest BCUT2D eigenvalue weighted by Crippen LogP contribution is 2.30. The van der Waals surface area contributed by atoms with E-state index in [1.54, 1.807) is 12.1 Å². The number of rotatable bonds is 5. The van der Waals surface area contributed by atoms with Crippen molar-refractivity contribution in [3.8, 4) is 0 Å². The molecular weight excluding hydrogens is 302 g/mol. The van der Waals surface area contributed by atoms with Crippen LogP contribution in [-0.2, 0) is 6.42 Å². The number of hydrogen-bond donors (Lipinski definition) is 3. The van der Waals surface area contributed by atoms with Gasteiger partial charge in [-0.15, -0.1) is 11.3 Å². The molecule has 0 fully saturated rings. The van der Waals surface area contributed by atoms with Crippen LogP contribution in [0.5, 0.6) is 0 Å². The summed E-state index contributed by atoms with van der Waals surface area (Å²) in [7, 11) is 0. The topological polar surface area (TPSA) is 106 Å². The maximum atomic E-state index is 10.9. The molecule has 3 heterocycles. The first-order valence-electron chi connectivity index (χ1n) is 6.94. The number of hydrogen-bond acceptors (Lipinski definition) is 6. The number of nitrogens with zero attached hydrogens (tertiary/aromatic N) is 1. The molecule has 0 aromatic carbocycles. The number of aromatic carboxylic acids is 1. The molecule has 6 nitrogen and oxygen atoms in total. The molecule has 1 aliphatic heterocycles. The number of carboxylic acid groups (broad SMARTS) is 1. The van der Waals surface area contributed by atoms with E-state index >= 15 is 0 Å². The van der Waals surface area contributed by atoms with Crippen LogP contribution in [-0.4, -0.2) is 22.5 Å². The van der Waals surface area contributed by atoms with Gasteiger partial charge in [0.25, 0.3) is 0 Å². The van der Waals surface area contributed by atoms with Gasteiger partial charge in [0.15, 0.2) is 5.88 Å². The third-order valence-corrected chi connectivity index (χ3v) is 4.62. The molecule has 7 heteroatoms. The van der Waals surface area contributed by atoms with Crippen LogP contribution in [0.25, 0.3) is 6.08 Å². The average Bonchev–Trinajstić information content (AvgIpc) is 3.08. The Morgan fingerprint density at radius 1 is 1.45 bits per heavy atom. The molecule has 0 saturated carbocycles. The summed E-state index contributed by atoms with van der Waals surface area (Å²) in [5.74, 6) is 0.207. The molecular formula is C15H17N3O3S. The zero-order chi connectivity index (χ0) is 15.7. The number of nitrogen functional groups attached to an aromatic ring is 1. The Hall–Kier alpha value is -2.25. The fraction of sp³-hybridized carbons (Fsp3) is 0.267. The number of fused-ring (bicyclic) bond motifs is 1. The molecule has 3 rings (SSSR count). The number of carbonyl (C=O) groups is 1. The van der Waals surface area contributed by atoms with Crippen molar-refractivity contribution in [1.82, 2.24) is 4.90 Å². The molecule has 0 radical (unpaired) electrons. The second-order valence-corrected chi connectivity index (χ2v) is 6.11. The molecule has 2 aromatic rings. The monoisotopic (exact) mass is 319 g/mol. The molecule has 116 valence electrons. The lowest BCUT2D eigenvalue weighted by molar-refractivity contribution is 0.0702. The van der Waals surface area contributed by atoms with Crippen molar-refractivity contribution in [2.45, 2.75) is 19.0 Å². The Morgan fingerprint density at radius 2 is 2.27 bits per heavy atom. The predicted molar refractivity (Wildman–Crippen MR) is 85.4 cm³/mol. The first-order valence-corrected chi connectivity index (χ1v) is 7.82. The van der Waals surface area contributed by atoms with Crippen LogP contribution in [0, 0.1) is 0 Å². The molecule has 0 spiro atoms. The van der Waals surface area contributed by atoms with Crippen molar-refractivity contribution in [3.05, 3.63) is 45.5 Å². The summed E-state index contributed by atoms with van der Waals surface area (Å²) in [6.45, 7) is 0.778. The molecule has 0 bridgehead atoms. The van der Waals surface area contributed by atoms with Gasteiger partial charge < -0.3 is 25.9 Å². The molecule has 5 N–H and O–H groups in total. The summed E-state index contributed by atoms with van der Waals surface area (Å²) >= 11 is 1.26. The Kier molecular flexibility index (Phi) is 3.91. The molecule has 22 heavy (non-hydrogen) atoms. The molecule has 0 amide bonds. The predicted octanol–water partition coefficient (Wildman–Crippen LogP) is 2.50. The van der Waals surface area contributed by atoms with Crippen LogP contribution >= 0.6 is 11.3 Å². The smallest absolute Gasteiger partial charge is 0.345 e. The van der Waals surface area contributed by atoms with Crippen molar-refractivity contribution >= 4 is 29.3 Å². The van der Waals surface area contributed by atoms with Gasteiger partial charge in [0.2, 0.25) is 0 Å². The minimum atomic E-state index is -0.873. The minimum Gasteiger partial charge on any atom is -0.477 e. The lowest BCUT2D eigenvalue weighted by Crippen LogP contribution is -2.33. The average molecular weight is 319 g/mol. The van der Waals surface area contributed by atoms with Crippen molar-refractivity contribution in [1.29, 1.82) is 0 Å². The standard InChI is InChI=1S/C15H17N3O3S/c16-13-7-10-11(21-13)3-5-18(14(10)17)4-1-2-9-6-12(15(19)20)22-8-9/h3,5-8,14H,1-2,4,16-17H2,(H,19,20). The van der Waals surface area contributed by atoms with Gasteiger partial charge in [-0.25, -0.2) is 4.79 Å². The summed E-state index contributed by atoms with van der Waals surface area (Å²) in [6.07, 6.45) is 5.21. The van der Waals surface area contributed by atoms with E-state index in [-0.39, 0.29) is 6.17 Å². The number of nitrogens with two attached hydrogens (primary N) is 2. The maximum Gasteiger partial charge on any atom is 0.345 e. The first-order chi connectivity index (χ1) is 10.5. The lowest BCUT2D eigenvalue weighted by Gasteiger charge is -2.29. The van der Waals surface area contributed by atoms with E-state index in [1.165, 1.54) is 11.3 Å². The van der Waals surface area contributed by atoms with Gasteiger partial charge in [0.1, 0.15) is 16.8 Å². The van der Waals surface area contributed by atoms with Gasteiger partial charge in [0.05, 0.1) is 0 Å². The van der Waals surface area contributed by atoms with Crippen LogP contribution < -0.4 is 11.5 Å². The highest BCUT2D eigenvalue weighted by atomic mass is 32.1. The Balaban J connectivity index is 1.57. The van der Waals surface area contributed by atoms with Crippen molar-refractivity contribution in [2.75, 3.05) is 12.3 Å². The van der Waals surface area contributed by atoms with E-state index < -0.39 is 5.97 Å². The van der Waals surface area contributed by atoms with Crippen molar-refractivity contribution < 1.29 is 14.3 Å². The zero-order valence-corrected chi connectivity index (χ0v) is 12.7. The van der Waals surface area contributed by atoms with Gasteiger partial charge >= 0.3 is 5.97 Å². The number of aryl methyl sites for hydroxylation is 1. The highest BCUT2D eigenvalue weighted by molar-refractivity contribution is 7.12. The number of thiophene rings is 1. The van der Waals surface area contributed by atoms with E-state index in [9.17, 15) is 4.79 Å². The molecule has 0 saturated heterocycles. The first kappa shape index (κ1) is 14.7. The van der Waals surface area contributed by atoms with Gasteiger partial charge in [-0.3, -0.25) is 0 Å². The van der Waals surface area contributed by atoms with Gasteiger partial charge in [-0.05, 0) is 35.9 Å². The van der Waals surface area contributed by atoms with E-state index in [1.807, 2.05) is 22.6 Å². The quantitative estimate of drug-likeness (QED) is 0.782. The zero-order valence-electron chi connectivity index (χ0n) is 11.9. The normalized spacial score (nSPS) is 16.8. The van der Waals surface area contributed by atoms with Crippen molar-refractivity contribution in [3.63, 3.8) is 0 Å². The van der Waals surface area contributed by atoms with E-state index in [2.05, 4.69) is 0 Å². The SMILES string of the molecule is Nc1cc2c(o1)C=CN(CCCc1csc(C(=O)O)c1)C2N. The Morgan fingerprint density at radius 3 is 3.00 bits per heavy atom. The molecule has 1 aliphatic rings. The fourth-order valence-electron chi connectivity index (χ4n) is 2.53. The van der Waals surface area contributed by atoms with Gasteiger partial charge in [-0.2, -0.15) is 0 Å². The Labute approximate surface area is 131 Å². The second-order valence-electron chi connectivity index (χ2n) is 5.19. The van der Waals surface area contributed by atoms with Crippen LogP contribution in [0.4, 0.5) is 5.88 Å². The lowest BCUT2D eigenvalue weighted by atomic mass is 10.1. The molecule has 1 unspecified atom stereocenters. The fourth-order valence-corrected chi connectivity index (χ4v) is 3.32. The van der Waals surface area contributed by atoms with Crippen LogP contribution in [0.15, 0.2) is 28.1 Å². The van der Waals surface area contributed by atoms with Gasteiger partial charge in [0, 0.05) is 24.4 Å². The second kappa shape index (κ2) is 5.86. The van der Waals surface area contributed by atoms with Gasteiger partial charge in [-0.1, -0.05) is 0 Å². The van der Waals surface area contributed by atoms with Crippen molar-refractivity contribution in [2.24, 2.45) is 5.73 Å². The van der Waals surface area contributed by atoms with E-state index in [0.717, 1.165) is 30.5 Å². The Bertz CT molecular complexity index is 719. The molecule has 2 aromatic heterocycles. The third kappa shape index (κ3) is 2.86. The number of carboxylic acids is 1. The molecule has 0 aliphatic carbocycles. The summed E-state index contributed by atoms with van der Waals surface area (Å²) in [6, 6.07) is 3.49. The summed E-state index contributed by atoms with van der Waals surface area (Å²) in [4.78, 5) is 13.3. The van der Waals surface area contributed by atoms with E-state index in [0.29, 0.717) is 16.5 Å². The van der Waals surface area contributed by atoms with Crippen LogP contribution in [0.3, 0.4) is 0 Å². The largest absolute Gasteiger partial charge is 0.477 e. The van der Waals surface area contributed by atoms with Crippen LogP contribution in [0.1, 0.15) is 39.1 Å². The number of furan rings is 1. The summed E-state index contributed by atoms with van der Waals surface area (Å²) in [5, 5.41) is 10.8. The van der Waals surface area contributed by atoms with Crippen LogP contribution in [0.2, 0.25) is 0 Å². The minimum absolute atomic E-state index is 0.266. The maximum absolute atomic E-state index is 10.9. The number of anilines is 1. The third-order valence-electron chi connectivity index (χ3n) is 3.65. The summed E-state index contributed by atoms with van der Waals surface area (Å²) < 4.78 is 5.35. The van der Waals surface area contributed by atoms with E-state index in [4.69, 9.17) is 21.0 Å². The highest BCUT2D eigenvalue weighted by Gasteiger charge is 2.23.